The van der Waals surface area contributed by atoms with Crippen molar-refractivity contribution >= 4 is 12.1 Å². The molecule has 0 fully saturated rings. The number of ketones is 1. The minimum Gasteiger partial charge on any atom is -0.328 e. The second kappa shape index (κ2) is 10.8. The molecule has 0 heterocycles. The standard InChI is InChI=1S/C13H17NO.C2HNO.C2H6/c1-9(14)6-10-2-3-12-8-13(15)5-4-11(12)7-10;3-1-2-4;1-2/h2-3,7,9H,4-6,8,14H2,1H3;2H;1-2H3. The van der Waals surface area contributed by atoms with Crippen LogP contribution in [0.5, 0.6) is 0 Å². The van der Waals surface area contributed by atoms with Gasteiger partial charge in [-0.1, -0.05) is 32.0 Å². The molecule has 1 atom stereocenters. The fraction of sp³-hybridized carbons (Fsp3) is 0.471. The molecule has 114 valence electrons. The molecular formula is C17H24N2O2. The highest BCUT2D eigenvalue weighted by molar-refractivity contribution is 5.83. The van der Waals surface area contributed by atoms with Crippen LogP contribution in [0.3, 0.4) is 0 Å². The molecule has 0 saturated heterocycles. The third-order valence-corrected chi connectivity index (χ3v) is 2.94. The molecule has 1 unspecified atom stereocenters. The molecule has 0 spiro atoms. The van der Waals surface area contributed by atoms with E-state index >= 15 is 0 Å². The summed E-state index contributed by atoms with van der Waals surface area (Å²) in [4.78, 5) is 20.1. The topological polar surface area (TPSA) is 83.9 Å². The van der Waals surface area contributed by atoms with Crippen molar-refractivity contribution in [3.05, 3.63) is 34.9 Å². The van der Waals surface area contributed by atoms with Gasteiger partial charge in [0.15, 0.2) is 0 Å². The van der Waals surface area contributed by atoms with Crippen LogP contribution in [0.4, 0.5) is 0 Å². The zero-order chi connectivity index (χ0) is 16.3. The summed E-state index contributed by atoms with van der Waals surface area (Å²) < 4.78 is 0. The Bertz CT molecular complexity index is 502. The number of nitriles is 1. The van der Waals surface area contributed by atoms with E-state index in [2.05, 4.69) is 18.2 Å². The van der Waals surface area contributed by atoms with E-state index in [0.717, 1.165) is 12.8 Å². The maximum Gasteiger partial charge on any atom is 0.219 e. The Balaban J connectivity index is 0.000000579. The molecule has 0 aliphatic heterocycles. The van der Waals surface area contributed by atoms with Crippen molar-refractivity contribution in [1.82, 2.24) is 0 Å². The van der Waals surface area contributed by atoms with Gasteiger partial charge in [0.1, 0.15) is 11.9 Å². The smallest absolute Gasteiger partial charge is 0.219 e. The van der Waals surface area contributed by atoms with E-state index in [0.29, 0.717) is 18.6 Å². The summed E-state index contributed by atoms with van der Waals surface area (Å²) in [5.74, 6) is 0.363. The van der Waals surface area contributed by atoms with Gasteiger partial charge in [0, 0.05) is 18.9 Å². The van der Waals surface area contributed by atoms with Crippen molar-refractivity contribution in [2.24, 2.45) is 5.73 Å². The average Bonchev–Trinajstić information content (AvgIpc) is 2.49. The van der Waals surface area contributed by atoms with Gasteiger partial charge in [0.2, 0.25) is 6.29 Å². The van der Waals surface area contributed by atoms with E-state index in [1.807, 2.05) is 20.8 Å². The molecule has 21 heavy (non-hydrogen) atoms. The Kier molecular flexibility index (Phi) is 9.74. The first-order valence-corrected chi connectivity index (χ1v) is 7.28. The van der Waals surface area contributed by atoms with Gasteiger partial charge in [-0.05, 0) is 36.5 Å². The number of carbonyl (C=O) groups excluding carboxylic acids is 2. The molecule has 1 aromatic rings. The van der Waals surface area contributed by atoms with E-state index in [-0.39, 0.29) is 12.3 Å². The number of aryl methyl sites for hydroxylation is 1. The zero-order valence-corrected chi connectivity index (χ0v) is 13.1. The minimum absolute atomic E-state index is 0.181. The van der Waals surface area contributed by atoms with Crippen LogP contribution in [0.15, 0.2) is 18.2 Å². The van der Waals surface area contributed by atoms with Crippen molar-refractivity contribution in [1.29, 1.82) is 5.26 Å². The fourth-order valence-corrected chi connectivity index (χ4v) is 2.16. The number of fused-ring (bicyclic) bond motifs is 1. The number of benzene rings is 1. The normalized spacial score (nSPS) is 13.4. The lowest BCUT2D eigenvalue weighted by Gasteiger charge is -2.16. The third kappa shape index (κ3) is 7.38. The van der Waals surface area contributed by atoms with Crippen LogP contribution in [0.1, 0.15) is 43.9 Å². The summed E-state index contributed by atoms with van der Waals surface area (Å²) in [5.41, 5.74) is 9.61. The van der Waals surface area contributed by atoms with E-state index < -0.39 is 0 Å². The molecule has 1 aliphatic carbocycles. The van der Waals surface area contributed by atoms with E-state index in [1.165, 1.54) is 22.8 Å². The largest absolute Gasteiger partial charge is 0.328 e. The second-order valence-corrected chi connectivity index (χ2v) is 4.75. The van der Waals surface area contributed by atoms with E-state index in [4.69, 9.17) is 15.8 Å². The van der Waals surface area contributed by atoms with Crippen molar-refractivity contribution in [2.45, 2.75) is 52.5 Å². The van der Waals surface area contributed by atoms with Crippen LogP contribution in [0.2, 0.25) is 0 Å². The van der Waals surface area contributed by atoms with Crippen LogP contribution in [-0.4, -0.2) is 18.1 Å². The van der Waals surface area contributed by atoms with Crippen molar-refractivity contribution in [3.8, 4) is 6.07 Å². The van der Waals surface area contributed by atoms with Gasteiger partial charge in [0.25, 0.3) is 0 Å². The van der Waals surface area contributed by atoms with Gasteiger partial charge in [-0.15, -0.1) is 0 Å². The fourth-order valence-electron chi connectivity index (χ4n) is 2.16. The lowest BCUT2D eigenvalue weighted by atomic mass is 9.89. The first-order valence-electron chi connectivity index (χ1n) is 7.28. The number of nitrogens with two attached hydrogens (primary N) is 1. The van der Waals surface area contributed by atoms with Gasteiger partial charge in [-0.3, -0.25) is 9.59 Å². The molecule has 0 bridgehead atoms. The Morgan fingerprint density at radius 3 is 2.48 bits per heavy atom. The van der Waals surface area contributed by atoms with Crippen molar-refractivity contribution < 1.29 is 9.59 Å². The minimum atomic E-state index is 0.181. The molecule has 4 nitrogen and oxygen atoms in total. The van der Waals surface area contributed by atoms with Crippen LogP contribution in [0, 0.1) is 11.3 Å². The number of rotatable bonds is 2. The molecule has 2 rings (SSSR count). The monoisotopic (exact) mass is 288 g/mol. The molecule has 1 aliphatic rings. The highest BCUT2D eigenvalue weighted by atomic mass is 16.1. The molecule has 0 radical (unpaired) electrons. The molecule has 2 N–H and O–H groups in total. The Hall–Kier alpha value is -1.99. The molecular weight excluding hydrogens is 264 g/mol. The van der Waals surface area contributed by atoms with Gasteiger partial charge >= 0.3 is 0 Å². The summed E-state index contributed by atoms with van der Waals surface area (Å²) in [7, 11) is 0. The van der Waals surface area contributed by atoms with Gasteiger partial charge in [0.05, 0.1) is 0 Å². The summed E-state index contributed by atoms with van der Waals surface area (Å²) in [5, 5.41) is 7.26. The number of nitrogens with zero attached hydrogens (tertiary/aromatic N) is 1. The predicted molar refractivity (Wildman–Crippen MR) is 83.9 cm³/mol. The third-order valence-electron chi connectivity index (χ3n) is 2.94. The maximum absolute atomic E-state index is 11.3. The first-order chi connectivity index (χ1) is 10.1. The molecule has 0 amide bonds. The zero-order valence-electron chi connectivity index (χ0n) is 13.1. The van der Waals surface area contributed by atoms with Crippen LogP contribution in [0.25, 0.3) is 0 Å². The van der Waals surface area contributed by atoms with Crippen molar-refractivity contribution in [3.63, 3.8) is 0 Å². The highest BCUT2D eigenvalue weighted by Gasteiger charge is 2.15. The van der Waals surface area contributed by atoms with Crippen LogP contribution in [-0.2, 0) is 28.9 Å². The molecule has 4 heteroatoms. The Labute approximate surface area is 127 Å². The van der Waals surface area contributed by atoms with Gasteiger partial charge in [-0.25, -0.2) is 0 Å². The number of carbonyl (C=O) groups is 2. The quantitative estimate of drug-likeness (QED) is 0.669. The van der Waals surface area contributed by atoms with E-state index in [9.17, 15) is 4.79 Å². The lowest BCUT2D eigenvalue weighted by molar-refractivity contribution is -0.118. The number of aldehydes is 1. The molecule has 1 aromatic carbocycles. The number of Topliss-reactive ketones (excluding diaryl/α,β-unsaturated/α-hetero) is 1. The Morgan fingerprint density at radius 2 is 1.95 bits per heavy atom. The van der Waals surface area contributed by atoms with Crippen molar-refractivity contribution in [2.75, 3.05) is 0 Å². The number of hydrogen-bond acceptors (Lipinski definition) is 4. The SMILES string of the molecule is CC.CC(N)Cc1ccc2c(c1)CCC(=O)C2.N#CC=O. The van der Waals surface area contributed by atoms with Crippen LogP contribution >= 0.6 is 0 Å². The highest BCUT2D eigenvalue weighted by Crippen LogP contribution is 2.20. The summed E-state index contributed by atoms with van der Waals surface area (Å²) in [6, 6.07) is 7.85. The first kappa shape index (κ1) is 19.0. The predicted octanol–water partition coefficient (Wildman–Crippen LogP) is 2.37. The summed E-state index contributed by atoms with van der Waals surface area (Å²) in [6.45, 7) is 6.02. The lowest BCUT2D eigenvalue weighted by Crippen LogP contribution is -2.19. The summed E-state index contributed by atoms with van der Waals surface area (Å²) >= 11 is 0. The second-order valence-electron chi connectivity index (χ2n) is 4.75. The molecule has 0 aromatic heterocycles. The van der Waals surface area contributed by atoms with Crippen LogP contribution < -0.4 is 5.73 Å². The number of hydrogen-bond donors (Lipinski definition) is 1. The van der Waals surface area contributed by atoms with Gasteiger partial charge in [-0.2, -0.15) is 5.26 Å². The van der Waals surface area contributed by atoms with E-state index in [1.54, 1.807) is 0 Å². The molecule has 0 saturated carbocycles. The van der Waals surface area contributed by atoms with Gasteiger partial charge < -0.3 is 5.73 Å². The Morgan fingerprint density at radius 1 is 1.33 bits per heavy atom. The average molecular weight is 288 g/mol. The maximum atomic E-state index is 11.3. The summed E-state index contributed by atoms with van der Waals surface area (Å²) in [6.07, 6.45) is 3.32.